The van der Waals surface area contributed by atoms with E-state index < -0.39 is 0 Å². The fourth-order valence-corrected chi connectivity index (χ4v) is 3.72. The van der Waals surface area contributed by atoms with Crippen molar-refractivity contribution in [3.63, 3.8) is 0 Å². The molecule has 1 aliphatic heterocycles. The number of piperidine rings is 1. The van der Waals surface area contributed by atoms with E-state index in [0.717, 1.165) is 37.0 Å². The van der Waals surface area contributed by atoms with Crippen molar-refractivity contribution in [2.75, 3.05) is 33.7 Å². The average molecular weight is 479 g/mol. The molecule has 0 radical (unpaired) electrons. The molecule has 0 aromatic heterocycles. The Morgan fingerprint density at radius 3 is 2.84 bits per heavy atom. The Hall–Kier alpha value is -0.530. The Morgan fingerprint density at radius 2 is 2.16 bits per heavy atom. The van der Waals surface area contributed by atoms with E-state index in [9.17, 15) is 0 Å². The van der Waals surface area contributed by atoms with Gasteiger partial charge in [0.1, 0.15) is 0 Å². The molecule has 1 aromatic rings. The molecular weight excluding hydrogens is 447 g/mol. The van der Waals surface area contributed by atoms with E-state index in [1.165, 1.54) is 24.8 Å². The van der Waals surface area contributed by atoms with Crippen molar-refractivity contribution in [3.05, 3.63) is 34.9 Å². The predicted octanol–water partition coefficient (Wildman–Crippen LogP) is 4.31. The van der Waals surface area contributed by atoms with Crippen molar-refractivity contribution in [2.45, 2.75) is 38.6 Å². The maximum Gasteiger partial charge on any atom is 0.190 e. The van der Waals surface area contributed by atoms with Crippen LogP contribution in [0.5, 0.6) is 0 Å². The Bertz CT molecular complexity index is 538. The van der Waals surface area contributed by atoms with Crippen molar-refractivity contribution < 1.29 is 0 Å². The maximum atomic E-state index is 6.22. The minimum absolute atomic E-state index is 0. The fourth-order valence-electron chi connectivity index (χ4n) is 3.52. The van der Waals surface area contributed by atoms with Crippen LogP contribution in [0.1, 0.15) is 44.2 Å². The normalized spacial score (nSPS) is 21.5. The van der Waals surface area contributed by atoms with Gasteiger partial charge in [0.2, 0.25) is 0 Å². The van der Waals surface area contributed by atoms with Crippen molar-refractivity contribution in [1.29, 1.82) is 0 Å². The summed E-state index contributed by atoms with van der Waals surface area (Å²) in [7, 11) is 4.05. The second-order valence-corrected chi connectivity index (χ2v) is 7.05. The molecule has 142 valence electrons. The van der Waals surface area contributed by atoms with E-state index in [-0.39, 0.29) is 24.0 Å². The second kappa shape index (κ2) is 12.0. The molecule has 0 aliphatic carbocycles. The Morgan fingerprint density at radius 1 is 1.36 bits per heavy atom. The summed E-state index contributed by atoms with van der Waals surface area (Å²) in [5.74, 6) is 1.45. The first-order valence-electron chi connectivity index (χ1n) is 9.06. The number of halogens is 2. The number of guanidine groups is 1. The smallest absolute Gasteiger partial charge is 0.190 e. The van der Waals surface area contributed by atoms with Gasteiger partial charge in [-0.05, 0) is 56.5 Å². The SMILES string of the molecule is CCCCNC(=NC)NCC1CCCN(C)C1c1cccc(Cl)c1.I. The molecular formula is C19H32ClIN4. The van der Waals surface area contributed by atoms with Gasteiger partial charge in [-0.2, -0.15) is 0 Å². The summed E-state index contributed by atoms with van der Waals surface area (Å²) in [5.41, 5.74) is 1.31. The van der Waals surface area contributed by atoms with Gasteiger partial charge in [0.25, 0.3) is 0 Å². The molecule has 2 N–H and O–H groups in total. The van der Waals surface area contributed by atoms with Crippen LogP contribution in [0.3, 0.4) is 0 Å². The summed E-state index contributed by atoms with van der Waals surface area (Å²) in [6.07, 6.45) is 4.81. The van der Waals surface area contributed by atoms with Crippen LogP contribution in [-0.2, 0) is 0 Å². The van der Waals surface area contributed by atoms with Crippen LogP contribution >= 0.6 is 35.6 Å². The summed E-state index contributed by atoms with van der Waals surface area (Å²) < 4.78 is 0. The molecule has 0 amide bonds. The quantitative estimate of drug-likeness (QED) is 0.277. The lowest BCUT2D eigenvalue weighted by Gasteiger charge is -2.40. The topological polar surface area (TPSA) is 39.7 Å². The van der Waals surface area contributed by atoms with Crippen LogP contribution in [0.4, 0.5) is 0 Å². The molecule has 1 heterocycles. The standard InChI is InChI=1S/C19H31ClN4.HI/c1-4-5-11-22-19(21-2)23-14-16-9-7-12-24(3)18(16)15-8-6-10-17(20)13-15;/h6,8,10,13,16,18H,4-5,7,9,11-12,14H2,1-3H3,(H2,21,22,23);1H. The van der Waals surface area contributed by atoms with Gasteiger partial charge >= 0.3 is 0 Å². The van der Waals surface area contributed by atoms with Crippen LogP contribution in [0, 0.1) is 5.92 Å². The zero-order chi connectivity index (χ0) is 17.4. The first kappa shape index (κ1) is 22.5. The van der Waals surface area contributed by atoms with Gasteiger partial charge in [0.05, 0.1) is 0 Å². The summed E-state index contributed by atoms with van der Waals surface area (Å²) in [5, 5.41) is 7.72. The minimum Gasteiger partial charge on any atom is -0.356 e. The van der Waals surface area contributed by atoms with Crippen LogP contribution in [0.2, 0.25) is 5.02 Å². The van der Waals surface area contributed by atoms with Crippen molar-refractivity contribution in [2.24, 2.45) is 10.9 Å². The third kappa shape index (κ3) is 6.94. The number of benzene rings is 1. The van der Waals surface area contributed by atoms with Crippen LogP contribution in [-0.4, -0.2) is 44.6 Å². The number of hydrogen-bond donors (Lipinski definition) is 2. The van der Waals surface area contributed by atoms with E-state index in [1.54, 1.807) is 0 Å². The fraction of sp³-hybridized carbons (Fsp3) is 0.632. The summed E-state index contributed by atoms with van der Waals surface area (Å²) in [6.45, 7) is 5.23. The number of nitrogens with one attached hydrogen (secondary N) is 2. The van der Waals surface area contributed by atoms with Gasteiger partial charge in [-0.15, -0.1) is 24.0 Å². The summed E-state index contributed by atoms with van der Waals surface area (Å²) in [6, 6.07) is 8.70. The first-order valence-corrected chi connectivity index (χ1v) is 9.43. The Balaban J connectivity index is 0.00000312. The van der Waals surface area contributed by atoms with Gasteiger partial charge in [-0.1, -0.05) is 37.1 Å². The summed E-state index contributed by atoms with van der Waals surface area (Å²) in [4.78, 5) is 6.79. The van der Waals surface area contributed by atoms with Gasteiger partial charge in [0, 0.05) is 31.2 Å². The summed E-state index contributed by atoms with van der Waals surface area (Å²) >= 11 is 6.22. The maximum absolute atomic E-state index is 6.22. The minimum atomic E-state index is 0. The molecule has 1 saturated heterocycles. The molecule has 0 saturated carbocycles. The third-order valence-corrected chi connectivity index (χ3v) is 5.01. The molecule has 4 nitrogen and oxygen atoms in total. The molecule has 25 heavy (non-hydrogen) atoms. The Labute approximate surface area is 174 Å². The largest absolute Gasteiger partial charge is 0.356 e. The monoisotopic (exact) mass is 478 g/mol. The number of rotatable bonds is 6. The van der Waals surface area contributed by atoms with Crippen molar-refractivity contribution >= 4 is 41.5 Å². The average Bonchev–Trinajstić information content (AvgIpc) is 2.58. The Kier molecular flexibility index (Phi) is 10.8. The highest BCUT2D eigenvalue weighted by atomic mass is 127. The van der Waals surface area contributed by atoms with E-state index in [4.69, 9.17) is 11.6 Å². The molecule has 0 spiro atoms. The van der Waals surface area contributed by atoms with Gasteiger partial charge in [-0.3, -0.25) is 9.89 Å². The van der Waals surface area contributed by atoms with E-state index in [1.807, 2.05) is 13.1 Å². The molecule has 1 fully saturated rings. The molecule has 2 unspecified atom stereocenters. The highest BCUT2D eigenvalue weighted by molar-refractivity contribution is 14.0. The molecule has 2 rings (SSSR count). The number of nitrogens with zero attached hydrogens (tertiary/aromatic N) is 2. The highest BCUT2D eigenvalue weighted by Gasteiger charge is 2.30. The van der Waals surface area contributed by atoms with Crippen molar-refractivity contribution in [3.8, 4) is 0 Å². The molecule has 0 bridgehead atoms. The number of aliphatic imine (C=N–C) groups is 1. The number of likely N-dealkylation sites (tertiary alicyclic amines) is 1. The zero-order valence-electron chi connectivity index (χ0n) is 15.6. The van der Waals surface area contributed by atoms with Crippen molar-refractivity contribution in [1.82, 2.24) is 15.5 Å². The van der Waals surface area contributed by atoms with Crippen LogP contribution in [0.25, 0.3) is 0 Å². The molecule has 1 aromatic carbocycles. The lowest BCUT2D eigenvalue weighted by atomic mass is 9.85. The highest BCUT2D eigenvalue weighted by Crippen LogP contribution is 2.35. The van der Waals surface area contributed by atoms with Gasteiger partial charge in [-0.25, -0.2) is 0 Å². The van der Waals surface area contributed by atoms with Gasteiger partial charge in [0.15, 0.2) is 5.96 Å². The first-order chi connectivity index (χ1) is 11.7. The van der Waals surface area contributed by atoms with E-state index >= 15 is 0 Å². The van der Waals surface area contributed by atoms with E-state index in [2.05, 4.69) is 52.7 Å². The lowest BCUT2D eigenvalue weighted by Crippen LogP contribution is -2.45. The number of hydrogen-bond acceptors (Lipinski definition) is 2. The molecule has 2 atom stereocenters. The number of unbranched alkanes of at least 4 members (excludes halogenated alkanes) is 1. The molecule has 6 heteroatoms. The second-order valence-electron chi connectivity index (χ2n) is 6.62. The van der Waals surface area contributed by atoms with Crippen LogP contribution < -0.4 is 10.6 Å². The van der Waals surface area contributed by atoms with Crippen LogP contribution in [0.15, 0.2) is 29.3 Å². The molecule has 1 aliphatic rings. The van der Waals surface area contributed by atoms with E-state index in [0.29, 0.717) is 12.0 Å². The third-order valence-electron chi connectivity index (χ3n) is 4.78. The lowest BCUT2D eigenvalue weighted by molar-refractivity contribution is 0.122. The zero-order valence-corrected chi connectivity index (χ0v) is 18.7. The van der Waals surface area contributed by atoms with Gasteiger partial charge < -0.3 is 10.6 Å². The predicted molar refractivity (Wildman–Crippen MR) is 119 cm³/mol.